The molecular weight excluding hydrogens is 421 g/mol. The molecular formula is C18H17BrFN3O4. The van der Waals surface area contributed by atoms with E-state index in [1.54, 1.807) is 17.0 Å². The van der Waals surface area contributed by atoms with Gasteiger partial charge < -0.3 is 18.5 Å². The van der Waals surface area contributed by atoms with Crippen LogP contribution in [-0.4, -0.2) is 34.2 Å². The number of amides is 1. The Hall–Kier alpha value is -2.68. The van der Waals surface area contributed by atoms with E-state index in [1.807, 2.05) is 6.92 Å². The normalized spacial score (nSPS) is 10.8. The second-order valence-corrected chi connectivity index (χ2v) is 6.51. The maximum Gasteiger partial charge on any atom is 0.283 e. The quantitative estimate of drug-likeness (QED) is 0.528. The van der Waals surface area contributed by atoms with Gasteiger partial charge in [-0.1, -0.05) is 6.92 Å². The number of halogens is 2. The maximum atomic E-state index is 13.1. The van der Waals surface area contributed by atoms with Crippen molar-refractivity contribution in [1.29, 1.82) is 0 Å². The minimum atomic E-state index is -0.392. The molecule has 142 valence electrons. The van der Waals surface area contributed by atoms with Gasteiger partial charge in [-0.2, -0.15) is 0 Å². The Morgan fingerprint density at radius 2 is 2.19 bits per heavy atom. The van der Waals surface area contributed by atoms with Gasteiger partial charge >= 0.3 is 0 Å². The maximum absolute atomic E-state index is 13.1. The lowest BCUT2D eigenvalue weighted by Crippen LogP contribution is -2.35. The van der Waals surface area contributed by atoms with Gasteiger partial charge in [-0.25, -0.2) is 4.39 Å². The molecule has 9 heteroatoms. The summed E-state index contributed by atoms with van der Waals surface area (Å²) in [6.07, 6.45) is 2.27. The molecule has 0 saturated heterocycles. The van der Waals surface area contributed by atoms with Gasteiger partial charge in [-0.05, 0) is 52.7 Å². The number of furan rings is 1. The Morgan fingerprint density at radius 3 is 2.89 bits per heavy atom. The van der Waals surface area contributed by atoms with Gasteiger partial charge in [-0.15, -0.1) is 10.2 Å². The van der Waals surface area contributed by atoms with Crippen LogP contribution in [0.3, 0.4) is 0 Å². The zero-order valence-corrected chi connectivity index (χ0v) is 16.1. The lowest BCUT2D eigenvalue weighted by molar-refractivity contribution is -0.134. The second kappa shape index (κ2) is 8.81. The van der Waals surface area contributed by atoms with Crippen molar-refractivity contribution in [3.8, 4) is 17.4 Å². The van der Waals surface area contributed by atoms with E-state index in [0.717, 1.165) is 6.42 Å². The summed E-state index contributed by atoms with van der Waals surface area (Å²) in [6, 6.07) is 7.43. The molecule has 0 fully saturated rings. The van der Waals surface area contributed by atoms with Crippen molar-refractivity contribution >= 4 is 21.8 Å². The third-order valence-corrected chi connectivity index (χ3v) is 4.24. The summed E-state index contributed by atoms with van der Waals surface area (Å²) in [5.41, 5.74) is 0. The number of benzene rings is 1. The number of rotatable bonds is 8. The first kappa shape index (κ1) is 19.1. The van der Waals surface area contributed by atoms with E-state index in [2.05, 4.69) is 26.1 Å². The third-order valence-electron chi connectivity index (χ3n) is 3.62. The Kier molecular flexibility index (Phi) is 6.23. The fraction of sp³-hybridized carbons (Fsp3) is 0.278. The molecule has 2 heterocycles. The van der Waals surface area contributed by atoms with Crippen LogP contribution in [0.5, 0.6) is 5.75 Å². The summed E-state index contributed by atoms with van der Waals surface area (Å²) in [4.78, 5) is 14.1. The number of hydrogen-bond donors (Lipinski definition) is 0. The molecule has 3 rings (SSSR count). The van der Waals surface area contributed by atoms with Crippen molar-refractivity contribution in [3.63, 3.8) is 0 Å². The summed E-state index contributed by atoms with van der Waals surface area (Å²) >= 11 is 3.21. The first-order valence-corrected chi connectivity index (χ1v) is 9.08. The minimum Gasteiger partial charge on any atom is -0.483 e. The molecule has 0 N–H and O–H groups in total. The van der Waals surface area contributed by atoms with Gasteiger partial charge in [0.25, 0.3) is 11.8 Å². The highest BCUT2D eigenvalue weighted by Crippen LogP contribution is 2.25. The monoisotopic (exact) mass is 437 g/mol. The fourth-order valence-electron chi connectivity index (χ4n) is 2.37. The van der Waals surface area contributed by atoms with E-state index in [-0.39, 0.29) is 24.9 Å². The van der Waals surface area contributed by atoms with Gasteiger partial charge in [0.2, 0.25) is 5.89 Å². The van der Waals surface area contributed by atoms with Crippen molar-refractivity contribution in [2.24, 2.45) is 0 Å². The molecule has 0 saturated carbocycles. The number of ether oxygens (including phenoxy) is 1. The van der Waals surface area contributed by atoms with Crippen molar-refractivity contribution < 1.29 is 22.8 Å². The van der Waals surface area contributed by atoms with Crippen LogP contribution in [0.15, 0.2) is 49.9 Å². The Morgan fingerprint density at radius 1 is 1.33 bits per heavy atom. The van der Waals surface area contributed by atoms with Crippen molar-refractivity contribution in [1.82, 2.24) is 15.1 Å². The first-order valence-electron chi connectivity index (χ1n) is 8.28. The molecule has 27 heavy (non-hydrogen) atoms. The summed E-state index contributed by atoms with van der Waals surface area (Å²) in [6.45, 7) is 2.43. The van der Waals surface area contributed by atoms with Crippen LogP contribution in [0.25, 0.3) is 11.7 Å². The lowest BCUT2D eigenvalue weighted by atomic mass is 10.3. The summed E-state index contributed by atoms with van der Waals surface area (Å²) < 4.78 is 29.8. The fourth-order valence-corrected chi connectivity index (χ4v) is 2.83. The largest absolute Gasteiger partial charge is 0.483 e. The van der Waals surface area contributed by atoms with Crippen LogP contribution in [0.1, 0.15) is 19.2 Å². The van der Waals surface area contributed by atoms with Gasteiger partial charge in [0.05, 0.1) is 17.3 Å². The highest BCUT2D eigenvalue weighted by atomic mass is 79.9. The van der Waals surface area contributed by atoms with Crippen LogP contribution in [0.4, 0.5) is 4.39 Å². The number of carbonyl (C=O) groups is 1. The van der Waals surface area contributed by atoms with Crippen molar-refractivity contribution in [3.05, 3.63) is 52.8 Å². The average molecular weight is 438 g/mol. The van der Waals surface area contributed by atoms with Crippen LogP contribution < -0.4 is 4.74 Å². The van der Waals surface area contributed by atoms with Crippen molar-refractivity contribution in [2.45, 2.75) is 19.9 Å². The van der Waals surface area contributed by atoms with Crippen LogP contribution in [0.2, 0.25) is 0 Å². The molecule has 0 bridgehead atoms. The highest BCUT2D eigenvalue weighted by molar-refractivity contribution is 9.10. The topological polar surface area (TPSA) is 81.6 Å². The summed E-state index contributed by atoms with van der Waals surface area (Å²) in [5.74, 6) is 0.769. The lowest BCUT2D eigenvalue weighted by Gasteiger charge is -2.20. The third kappa shape index (κ3) is 4.94. The molecule has 1 aromatic carbocycles. The van der Waals surface area contributed by atoms with E-state index in [9.17, 15) is 9.18 Å². The van der Waals surface area contributed by atoms with E-state index in [0.29, 0.717) is 28.4 Å². The Labute approximate surface area is 163 Å². The zero-order valence-electron chi connectivity index (χ0n) is 14.5. The summed E-state index contributed by atoms with van der Waals surface area (Å²) in [5, 5.41) is 7.88. The standard InChI is InChI=1S/C18H17BrFN3O4/c1-2-7-23(10-16-21-22-18(27-16)15-4-3-8-25-15)17(24)11-26-14-6-5-12(20)9-13(14)19/h3-6,8-9H,2,7,10-11H2,1H3. The van der Waals surface area contributed by atoms with Gasteiger partial charge in [0.1, 0.15) is 11.6 Å². The smallest absolute Gasteiger partial charge is 0.283 e. The molecule has 0 aliphatic rings. The number of hydrogen-bond acceptors (Lipinski definition) is 6. The van der Waals surface area contributed by atoms with Crippen LogP contribution in [0, 0.1) is 5.82 Å². The number of nitrogens with zero attached hydrogens (tertiary/aromatic N) is 3. The molecule has 3 aromatic rings. The molecule has 1 amide bonds. The van der Waals surface area contributed by atoms with Gasteiger partial charge in [-0.3, -0.25) is 4.79 Å². The van der Waals surface area contributed by atoms with Gasteiger partial charge in [0, 0.05) is 6.54 Å². The summed E-state index contributed by atoms with van der Waals surface area (Å²) in [7, 11) is 0. The van der Waals surface area contributed by atoms with Gasteiger partial charge in [0.15, 0.2) is 12.4 Å². The van der Waals surface area contributed by atoms with E-state index in [4.69, 9.17) is 13.6 Å². The van der Waals surface area contributed by atoms with Crippen LogP contribution in [-0.2, 0) is 11.3 Å². The minimum absolute atomic E-state index is 0.161. The Balaban J connectivity index is 1.63. The predicted molar refractivity (Wildman–Crippen MR) is 97.3 cm³/mol. The number of aromatic nitrogens is 2. The molecule has 7 nitrogen and oxygen atoms in total. The van der Waals surface area contributed by atoms with E-state index in [1.165, 1.54) is 24.5 Å². The molecule has 0 radical (unpaired) electrons. The number of carbonyl (C=O) groups excluding carboxylic acids is 1. The zero-order chi connectivity index (χ0) is 19.2. The molecule has 0 spiro atoms. The second-order valence-electron chi connectivity index (χ2n) is 5.66. The first-order chi connectivity index (χ1) is 13.1. The molecule has 2 aromatic heterocycles. The molecule has 0 aliphatic carbocycles. The highest BCUT2D eigenvalue weighted by Gasteiger charge is 2.19. The molecule has 0 unspecified atom stereocenters. The van der Waals surface area contributed by atoms with Crippen LogP contribution >= 0.6 is 15.9 Å². The average Bonchev–Trinajstić information content (AvgIpc) is 3.32. The SMILES string of the molecule is CCCN(Cc1nnc(-c2ccco2)o1)C(=O)COc1ccc(F)cc1Br. The Bertz CT molecular complexity index is 898. The molecule has 0 atom stereocenters. The van der Waals surface area contributed by atoms with E-state index < -0.39 is 5.82 Å². The predicted octanol–water partition coefficient (Wildman–Crippen LogP) is 4.05. The molecule has 0 aliphatic heterocycles. The van der Waals surface area contributed by atoms with E-state index >= 15 is 0 Å². The van der Waals surface area contributed by atoms with Crippen molar-refractivity contribution in [2.75, 3.05) is 13.2 Å².